The van der Waals surface area contributed by atoms with Gasteiger partial charge >= 0.3 is 5.97 Å². The highest BCUT2D eigenvalue weighted by Gasteiger charge is 2.18. The molecule has 2 N–H and O–H groups in total. The quantitative estimate of drug-likeness (QED) is 0.243. The number of esters is 1. The minimum absolute atomic E-state index is 0.0699. The molecule has 0 fully saturated rings. The van der Waals surface area contributed by atoms with E-state index in [1.165, 1.54) is 0 Å². The molecular formula is C8H17ClNO5PS. The Hall–Kier alpha value is 0.250. The Morgan fingerprint density at radius 2 is 2.12 bits per heavy atom. The lowest BCUT2D eigenvalue weighted by atomic mass is 10.2. The number of carbonyl (C=O) groups excluding carboxylic acids is 1. The van der Waals surface area contributed by atoms with Crippen molar-refractivity contribution >= 4 is 36.0 Å². The molecule has 0 aromatic heterocycles. The van der Waals surface area contributed by atoms with Crippen molar-refractivity contribution in [2.45, 2.75) is 32.8 Å². The normalized spacial score (nSPS) is 15.4. The van der Waals surface area contributed by atoms with Crippen molar-refractivity contribution in [2.24, 2.45) is 0 Å². The van der Waals surface area contributed by atoms with Crippen LogP contribution in [0, 0.1) is 0 Å². The van der Waals surface area contributed by atoms with Crippen molar-refractivity contribution in [3.05, 3.63) is 0 Å². The smallest absolute Gasteiger partial charge is 0.307 e. The summed E-state index contributed by atoms with van der Waals surface area (Å²) in [7, 11) is 0. The van der Waals surface area contributed by atoms with Gasteiger partial charge in [-0.1, -0.05) is 11.6 Å². The van der Waals surface area contributed by atoms with Crippen molar-refractivity contribution < 1.29 is 24.0 Å². The maximum absolute atomic E-state index is 11.3. The van der Waals surface area contributed by atoms with Crippen LogP contribution in [0.5, 0.6) is 0 Å². The van der Waals surface area contributed by atoms with Crippen LogP contribution in [-0.2, 0) is 30.9 Å². The van der Waals surface area contributed by atoms with E-state index in [-0.39, 0.29) is 19.0 Å². The first-order chi connectivity index (χ1) is 7.66. The molecule has 0 bridgehead atoms. The average molecular weight is 306 g/mol. The van der Waals surface area contributed by atoms with Crippen LogP contribution in [0.3, 0.4) is 0 Å². The van der Waals surface area contributed by atoms with Crippen LogP contribution in [0.2, 0.25) is 0 Å². The Labute approximate surface area is 111 Å². The second kappa shape index (κ2) is 7.63. The highest BCUT2D eigenvalue weighted by atomic mass is 35.5. The van der Waals surface area contributed by atoms with Crippen LogP contribution >= 0.6 is 18.2 Å². The van der Waals surface area contributed by atoms with Gasteiger partial charge in [0.05, 0.1) is 6.42 Å². The Bertz CT molecular complexity index is 296. The van der Waals surface area contributed by atoms with E-state index < -0.39 is 18.2 Å². The summed E-state index contributed by atoms with van der Waals surface area (Å²) in [5, 5.41) is 2.49. The van der Waals surface area contributed by atoms with Gasteiger partial charge in [-0.15, -0.1) is 0 Å². The molecule has 0 aromatic rings. The van der Waals surface area contributed by atoms with Gasteiger partial charge in [0.2, 0.25) is 0 Å². The van der Waals surface area contributed by atoms with Crippen molar-refractivity contribution in [1.82, 2.24) is 5.09 Å². The lowest BCUT2D eigenvalue weighted by Gasteiger charge is -2.20. The first-order valence-corrected chi connectivity index (χ1v) is 8.04. The predicted molar refractivity (Wildman–Crippen MR) is 67.9 cm³/mol. The number of nitrogens with one attached hydrogen (secondary N) is 1. The molecule has 0 aliphatic rings. The third-order valence-electron chi connectivity index (χ3n) is 1.26. The molecule has 1 atom stereocenters. The van der Waals surface area contributed by atoms with E-state index in [0.29, 0.717) is 0 Å². The summed E-state index contributed by atoms with van der Waals surface area (Å²) in [6.07, 6.45) is 0.0699. The zero-order chi connectivity index (χ0) is 13.5. The van der Waals surface area contributed by atoms with Crippen molar-refractivity contribution in [2.75, 3.05) is 12.6 Å². The third-order valence-corrected chi connectivity index (χ3v) is 2.85. The standard InChI is InChI=1S/C8H17ClNO5PS/c1-8(2,3)14-7(11)4-5-10-16(12,17)15-13-6-9/h4-6H2,1-3H3,(H2,10,12,17). The third kappa shape index (κ3) is 11.1. The summed E-state index contributed by atoms with van der Waals surface area (Å²) < 4.78 is 9.51. The molecular weight excluding hydrogens is 289 g/mol. The van der Waals surface area contributed by atoms with Crippen LogP contribution in [-0.4, -0.2) is 29.1 Å². The Balaban J connectivity index is 3.83. The number of halogens is 1. The van der Waals surface area contributed by atoms with Gasteiger partial charge in [-0.3, -0.25) is 4.79 Å². The van der Waals surface area contributed by atoms with Crippen LogP contribution in [0.25, 0.3) is 0 Å². The minimum atomic E-state index is -3.25. The van der Waals surface area contributed by atoms with Gasteiger partial charge < -0.3 is 9.63 Å². The van der Waals surface area contributed by atoms with E-state index in [4.69, 9.17) is 16.3 Å². The van der Waals surface area contributed by atoms with Gasteiger partial charge in [0.1, 0.15) is 5.60 Å². The molecule has 0 saturated heterocycles. The average Bonchev–Trinajstić information content (AvgIpc) is 2.11. The van der Waals surface area contributed by atoms with Crippen LogP contribution in [0.1, 0.15) is 27.2 Å². The van der Waals surface area contributed by atoms with Gasteiger partial charge in [0.25, 0.3) is 6.64 Å². The fourth-order valence-electron chi connectivity index (χ4n) is 0.810. The molecule has 0 aromatic carbocycles. The van der Waals surface area contributed by atoms with E-state index in [9.17, 15) is 9.69 Å². The zero-order valence-electron chi connectivity index (χ0n) is 9.93. The number of hydrogen-bond acceptors (Lipinski definition) is 5. The molecule has 0 radical (unpaired) electrons. The van der Waals surface area contributed by atoms with Gasteiger partial charge in [0, 0.05) is 6.54 Å². The van der Waals surface area contributed by atoms with Crippen molar-refractivity contribution in [3.8, 4) is 0 Å². The van der Waals surface area contributed by atoms with Crippen LogP contribution < -0.4 is 5.09 Å². The minimum Gasteiger partial charge on any atom is -0.460 e. The van der Waals surface area contributed by atoms with E-state index in [1.807, 2.05) is 0 Å². The van der Waals surface area contributed by atoms with Gasteiger partial charge in [-0.05, 0) is 32.6 Å². The monoisotopic (exact) mass is 305 g/mol. The summed E-state index contributed by atoms with van der Waals surface area (Å²) in [6.45, 7) is 2.20. The molecule has 0 rings (SSSR count). The number of carbonyl (C=O) groups is 1. The maximum atomic E-state index is 11.3. The first kappa shape index (κ1) is 17.2. The molecule has 0 aliphatic heterocycles. The predicted octanol–water partition coefficient (Wildman–Crippen LogP) is 1.67. The second-order valence-corrected chi connectivity index (χ2v) is 7.28. The topological polar surface area (TPSA) is 77.0 Å². The molecule has 0 saturated carbocycles. The van der Waals surface area contributed by atoms with Crippen LogP contribution in [0.15, 0.2) is 0 Å². The summed E-state index contributed by atoms with van der Waals surface area (Å²) in [6, 6.07) is -0.243. The maximum Gasteiger partial charge on any atom is 0.307 e. The van der Waals surface area contributed by atoms with E-state index in [0.717, 1.165) is 0 Å². The molecule has 0 aliphatic carbocycles. The first-order valence-electron chi connectivity index (χ1n) is 4.83. The zero-order valence-corrected chi connectivity index (χ0v) is 12.4. The largest absolute Gasteiger partial charge is 0.460 e. The number of rotatable bonds is 7. The lowest BCUT2D eigenvalue weighted by molar-refractivity contribution is -0.189. The Morgan fingerprint density at radius 1 is 1.53 bits per heavy atom. The highest BCUT2D eigenvalue weighted by molar-refractivity contribution is 8.08. The fraction of sp³-hybridized carbons (Fsp3) is 0.875. The van der Waals surface area contributed by atoms with Gasteiger partial charge in [0.15, 0.2) is 6.07 Å². The summed E-state index contributed by atoms with van der Waals surface area (Å²) in [5.41, 5.74) is -0.533. The molecule has 9 heteroatoms. The molecule has 102 valence electrons. The molecule has 0 amide bonds. The van der Waals surface area contributed by atoms with Crippen LogP contribution in [0.4, 0.5) is 0 Å². The second-order valence-electron chi connectivity index (χ2n) is 4.07. The van der Waals surface area contributed by atoms with Crippen molar-refractivity contribution in [1.29, 1.82) is 0 Å². The van der Waals surface area contributed by atoms with E-state index >= 15 is 0 Å². The van der Waals surface area contributed by atoms with Gasteiger partial charge in [-0.25, -0.2) is 9.97 Å². The van der Waals surface area contributed by atoms with E-state index in [2.05, 4.69) is 26.5 Å². The van der Waals surface area contributed by atoms with Crippen molar-refractivity contribution in [3.63, 3.8) is 0 Å². The Morgan fingerprint density at radius 3 is 2.59 bits per heavy atom. The number of hydrogen-bond donors (Lipinski definition) is 2. The van der Waals surface area contributed by atoms with Gasteiger partial charge in [-0.2, -0.15) is 4.67 Å². The fourth-order valence-corrected chi connectivity index (χ4v) is 1.96. The molecule has 6 nitrogen and oxygen atoms in total. The highest BCUT2D eigenvalue weighted by Crippen LogP contribution is 2.37. The summed E-state index contributed by atoms with van der Waals surface area (Å²) >= 11 is 9.84. The Kier molecular flexibility index (Phi) is 7.75. The summed E-state index contributed by atoms with van der Waals surface area (Å²) in [4.78, 5) is 25.1. The molecule has 0 heterocycles. The number of ether oxygens (including phenoxy) is 1. The molecule has 17 heavy (non-hydrogen) atoms. The SMILES string of the molecule is CC(C)(C)OC(=O)CCNP(O)(=S)OOCCl. The van der Waals surface area contributed by atoms with E-state index in [1.54, 1.807) is 20.8 Å². The molecule has 1 unspecified atom stereocenters. The number of alkyl halides is 1. The molecule has 0 spiro atoms. The lowest BCUT2D eigenvalue weighted by Crippen LogP contribution is -2.26. The summed E-state index contributed by atoms with van der Waals surface area (Å²) in [5.74, 6) is -0.390.